The maximum absolute atomic E-state index is 6.02. The number of hydrogen-bond acceptors (Lipinski definition) is 4. The molecular weight excluding hydrogens is 212 g/mol. The molecule has 0 amide bonds. The predicted octanol–water partition coefficient (Wildman–Crippen LogP) is 1.34. The van der Waals surface area contributed by atoms with Gasteiger partial charge in [-0.05, 0) is 37.9 Å². The van der Waals surface area contributed by atoms with Crippen LogP contribution in [0.1, 0.15) is 19.3 Å². The van der Waals surface area contributed by atoms with Crippen LogP contribution in [0.3, 0.4) is 0 Å². The predicted molar refractivity (Wildman–Crippen MR) is 70.1 cm³/mol. The fourth-order valence-corrected chi connectivity index (χ4v) is 3.07. The van der Waals surface area contributed by atoms with Gasteiger partial charge in [0.2, 0.25) is 0 Å². The highest BCUT2D eigenvalue weighted by Crippen LogP contribution is 2.26. The summed E-state index contributed by atoms with van der Waals surface area (Å²) in [5.41, 5.74) is 6.83. The second-order valence-corrected chi connectivity index (χ2v) is 5.05. The third-order valence-electron chi connectivity index (χ3n) is 3.92. The van der Waals surface area contributed by atoms with Crippen LogP contribution in [0.5, 0.6) is 0 Å². The first kappa shape index (κ1) is 10.8. The van der Waals surface area contributed by atoms with E-state index >= 15 is 0 Å². The fraction of sp³-hybridized carbons (Fsp3) is 0.615. The van der Waals surface area contributed by atoms with Gasteiger partial charge in [-0.1, -0.05) is 0 Å². The summed E-state index contributed by atoms with van der Waals surface area (Å²) in [5, 5.41) is 0. The average molecular weight is 232 g/mol. The van der Waals surface area contributed by atoms with Gasteiger partial charge in [0.15, 0.2) is 5.82 Å². The van der Waals surface area contributed by atoms with Gasteiger partial charge in [-0.2, -0.15) is 0 Å². The van der Waals surface area contributed by atoms with Gasteiger partial charge in [-0.3, -0.25) is 4.90 Å². The molecule has 0 spiro atoms. The normalized spacial score (nSPS) is 25.6. The number of anilines is 2. The fourth-order valence-electron chi connectivity index (χ4n) is 3.07. The number of rotatable bonds is 1. The molecule has 4 nitrogen and oxygen atoms in total. The summed E-state index contributed by atoms with van der Waals surface area (Å²) in [6.07, 6.45) is 5.72. The molecule has 0 aliphatic carbocycles. The number of pyridine rings is 1. The topological polar surface area (TPSA) is 45.4 Å². The number of nitrogens with two attached hydrogens (primary N) is 1. The molecular formula is C13H20N4. The van der Waals surface area contributed by atoms with Crippen LogP contribution >= 0.6 is 0 Å². The van der Waals surface area contributed by atoms with E-state index in [1.807, 2.05) is 18.3 Å². The van der Waals surface area contributed by atoms with Crippen LogP contribution in [-0.2, 0) is 0 Å². The summed E-state index contributed by atoms with van der Waals surface area (Å²) in [6.45, 7) is 4.67. The Labute approximate surface area is 102 Å². The van der Waals surface area contributed by atoms with E-state index in [9.17, 15) is 0 Å². The Morgan fingerprint density at radius 1 is 1.24 bits per heavy atom. The molecule has 2 aliphatic heterocycles. The third kappa shape index (κ3) is 2.09. The molecule has 1 aromatic rings. The molecule has 2 aliphatic rings. The van der Waals surface area contributed by atoms with Crippen molar-refractivity contribution in [1.82, 2.24) is 9.88 Å². The molecule has 92 valence electrons. The van der Waals surface area contributed by atoms with Crippen molar-refractivity contribution in [2.75, 3.05) is 36.8 Å². The molecule has 3 rings (SSSR count). The minimum absolute atomic E-state index is 0.707. The highest BCUT2D eigenvalue weighted by molar-refractivity contribution is 5.62. The zero-order valence-corrected chi connectivity index (χ0v) is 10.2. The Morgan fingerprint density at radius 2 is 2.12 bits per heavy atom. The van der Waals surface area contributed by atoms with E-state index in [0.717, 1.165) is 24.6 Å². The van der Waals surface area contributed by atoms with Crippen molar-refractivity contribution in [3.63, 3.8) is 0 Å². The zero-order valence-electron chi connectivity index (χ0n) is 10.2. The first-order valence-corrected chi connectivity index (χ1v) is 6.54. The molecule has 2 saturated heterocycles. The van der Waals surface area contributed by atoms with Gasteiger partial charge >= 0.3 is 0 Å². The third-order valence-corrected chi connectivity index (χ3v) is 3.92. The molecule has 0 radical (unpaired) electrons. The number of aromatic nitrogens is 1. The van der Waals surface area contributed by atoms with Gasteiger partial charge in [0, 0.05) is 31.9 Å². The van der Waals surface area contributed by atoms with E-state index in [-0.39, 0.29) is 0 Å². The number of fused-ring (bicyclic) bond motifs is 1. The Kier molecular flexibility index (Phi) is 2.89. The van der Waals surface area contributed by atoms with Crippen LogP contribution in [0.4, 0.5) is 11.5 Å². The standard InChI is InChI=1S/C13H20N4/c14-12-5-1-6-15-13(12)17-9-3-8-16-7-2-4-11(16)10-17/h1,5-6,11H,2-4,7-10,14H2. The first-order valence-electron chi connectivity index (χ1n) is 6.54. The van der Waals surface area contributed by atoms with Crippen LogP contribution in [0.2, 0.25) is 0 Å². The molecule has 2 fully saturated rings. The van der Waals surface area contributed by atoms with Crippen LogP contribution in [0.15, 0.2) is 18.3 Å². The van der Waals surface area contributed by atoms with Crippen LogP contribution in [-0.4, -0.2) is 42.1 Å². The highest BCUT2D eigenvalue weighted by atomic mass is 15.3. The summed E-state index contributed by atoms with van der Waals surface area (Å²) >= 11 is 0. The molecule has 1 unspecified atom stereocenters. The Hall–Kier alpha value is -1.29. The van der Waals surface area contributed by atoms with E-state index in [4.69, 9.17) is 5.73 Å². The monoisotopic (exact) mass is 232 g/mol. The molecule has 1 aromatic heterocycles. The van der Waals surface area contributed by atoms with E-state index in [1.54, 1.807) is 0 Å². The zero-order chi connectivity index (χ0) is 11.7. The van der Waals surface area contributed by atoms with Crippen molar-refractivity contribution in [2.45, 2.75) is 25.3 Å². The van der Waals surface area contributed by atoms with Crippen LogP contribution in [0.25, 0.3) is 0 Å². The van der Waals surface area contributed by atoms with Crippen molar-refractivity contribution < 1.29 is 0 Å². The van der Waals surface area contributed by atoms with Gasteiger partial charge in [0.1, 0.15) is 0 Å². The largest absolute Gasteiger partial charge is 0.396 e. The summed E-state index contributed by atoms with van der Waals surface area (Å²) in [5.74, 6) is 0.973. The van der Waals surface area contributed by atoms with Crippen molar-refractivity contribution in [3.05, 3.63) is 18.3 Å². The molecule has 1 atom stereocenters. The number of nitrogen functional groups attached to an aromatic ring is 1. The average Bonchev–Trinajstić information content (AvgIpc) is 2.68. The Balaban J connectivity index is 1.81. The van der Waals surface area contributed by atoms with Gasteiger partial charge in [0.25, 0.3) is 0 Å². The molecule has 0 aromatic carbocycles. The Bertz CT molecular complexity index is 393. The second kappa shape index (κ2) is 4.53. The molecule has 0 bridgehead atoms. The first-order chi connectivity index (χ1) is 8.34. The SMILES string of the molecule is Nc1cccnc1N1CCCN2CCCC2C1. The maximum Gasteiger partial charge on any atom is 0.151 e. The minimum Gasteiger partial charge on any atom is -0.396 e. The second-order valence-electron chi connectivity index (χ2n) is 5.05. The van der Waals surface area contributed by atoms with E-state index < -0.39 is 0 Å². The van der Waals surface area contributed by atoms with Crippen molar-refractivity contribution in [3.8, 4) is 0 Å². The summed E-state index contributed by atoms with van der Waals surface area (Å²) in [6, 6.07) is 4.55. The quantitative estimate of drug-likeness (QED) is 0.793. The van der Waals surface area contributed by atoms with E-state index in [2.05, 4.69) is 14.8 Å². The summed E-state index contributed by atoms with van der Waals surface area (Å²) in [7, 11) is 0. The van der Waals surface area contributed by atoms with Gasteiger partial charge < -0.3 is 10.6 Å². The minimum atomic E-state index is 0.707. The van der Waals surface area contributed by atoms with Gasteiger partial charge in [-0.15, -0.1) is 0 Å². The van der Waals surface area contributed by atoms with Crippen LogP contribution < -0.4 is 10.6 Å². The lowest BCUT2D eigenvalue weighted by Gasteiger charge is -2.27. The summed E-state index contributed by atoms with van der Waals surface area (Å²) in [4.78, 5) is 9.43. The number of hydrogen-bond donors (Lipinski definition) is 1. The van der Waals surface area contributed by atoms with Crippen molar-refractivity contribution >= 4 is 11.5 Å². The van der Waals surface area contributed by atoms with Crippen molar-refractivity contribution in [2.24, 2.45) is 0 Å². The lowest BCUT2D eigenvalue weighted by atomic mass is 10.2. The van der Waals surface area contributed by atoms with E-state index in [1.165, 1.54) is 32.4 Å². The van der Waals surface area contributed by atoms with Crippen molar-refractivity contribution in [1.29, 1.82) is 0 Å². The van der Waals surface area contributed by atoms with Gasteiger partial charge in [-0.25, -0.2) is 4.98 Å². The Morgan fingerprint density at radius 3 is 3.00 bits per heavy atom. The van der Waals surface area contributed by atoms with E-state index in [0.29, 0.717) is 6.04 Å². The van der Waals surface area contributed by atoms with Crippen LogP contribution in [0, 0.1) is 0 Å². The molecule has 3 heterocycles. The van der Waals surface area contributed by atoms with Gasteiger partial charge in [0.05, 0.1) is 5.69 Å². The number of nitrogens with zero attached hydrogens (tertiary/aromatic N) is 3. The molecule has 17 heavy (non-hydrogen) atoms. The maximum atomic E-state index is 6.02. The smallest absolute Gasteiger partial charge is 0.151 e. The lowest BCUT2D eigenvalue weighted by Crippen LogP contribution is -2.37. The molecule has 0 saturated carbocycles. The lowest BCUT2D eigenvalue weighted by molar-refractivity contribution is 0.273. The molecule has 4 heteroatoms. The molecule has 2 N–H and O–H groups in total. The highest BCUT2D eigenvalue weighted by Gasteiger charge is 2.29. The summed E-state index contributed by atoms with van der Waals surface area (Å²) < 4.78 is 0.